The molecular formula is C17H19NO. The number of fused-ring (bicyclic) bond motifs is 1. The van der Waals surface area contributed by atoms with Crippen LogP contribution < -0.4 is 10.5 Å². The van der Waals surface area contributed by atoms with Gasteiger partial charge in [0.15, 0.2) is 0 Å². The van der Waals surface area contributed by atoms with Crippen molar-refractivity contribution in [2.24, 2.45) is 5.73 Å². The Balaban J connectivity index is 1.94. The maximum absolute atomic E-state index is 6.47. The zero-order valence-corrected chi connectivity index (χ0v) is 11.2. The standard InChI is InChI=1S/C17H19NO/c1-19-14-8-10-16-13(11-14)7-9-15(17(16)18)12-5-3-2-4-6-12/h2-6,8,10-11,15,17H,7,9,18H2,1H3/t15-,17?/m1/s1. The summed E-state index contributed by atoms with van der Waals surface area (Å²) in [7, 11) is 1.71. The largest absolute Gasteiger partial charge is 0.497 e. The van der Waals surface area contributed by atoms with Crippen molar-refractivity contribution >= 4 is 0 Å². The van der Waals surface area contributed by atoms with Gasteiger partial charge in [-0.05, 0) is 41.7 Å². The second kappa shape index (κ2) is 5.06. The van der Waals surface area contributed by atoms with E-state index in [0.717, 1.165) is 18.6 Å². The Labute approximate surface area is 114 Å². The van der Waals surface area contributed by atoms with Crippen molar-refractivity contribution in [1.29, 1.82) is 0 Å². The summed E-state index contributed by atoms with van der Waals surface area (Å²) in [5.41, 5.74) is 10.4. The van der Waals surface area contributed by atoms with Crippen molar-refractivity contribution in [2.75, 3.05) is 7.11 Å². The molecule has 0 fully saturated rings. The van der Waals surface area contributed by atoms with Crippen LogP contribution in [0.15, 0.2) is 48.5 Å². The van der Waals surface area contributed by atoms with E-state index < -0.39 is 0 Å². The molecule has 2 aromatic carbocycles. The molecule has 1 aliphatic rings. The number of methoxy groups -OCH3 is 1. The molecule has 0 heterocycles. The average molecular weight is 253 g/mol. The van der Waals surface area contributed by atoms with Crippen LogP contribution >= 0.6 is 0 Å². The van der Waals surface area contributed by atoms with Gasteiger partial charge in [0.25, 0.3) is 0 Å². The summed E-state index contributed by atoms with van der Waals surface area (Å²) >= 11 is 0. The predicted molar refractivity (Wildman–Crippen MR) is 77.4 cm³/mol. The van der Waals surface area contributed by atoms with Crippen molar-refractivity contribution in [3.05, 3.63) is 65.2 Å². The SMILES string of the molecule is COc1ccc2c(c1)CC[C@H](c1ccccc1)C2N. The number of rotatable bonds is 2. The highest BCUT2D eigenvalue weighted by atomic mass is 16.5. The molecule has 2 aromatic rings. The summed E-state index contributed by atoms with van der Waals surface area (Å²) in [6.45, 7) is 0. The Morgan fingerprint density at radius 3 is 2.63 bits per heavy atom. The lowest BCUT2D eigenvalue weighted by Gasteiger charge is -2.31. The summed E-state index contributed by atoms with van der Waals surface area (Å²) in [6, 6.07) is 16.9. The fourth-order valence-corrected chi connectivity index (χ4v) is 3.03. The highest BCUT2D eigenvalue weighted by Crippen LogP contribution is 2.40. The minimum atomic E-state index is 0.0806. The first-order valence-corrected chi connectivity index (χ1v) is 6.77. The summed E-state index contributed by atoms with van der Waals surface area (Å²) in [5, 5.41) is 0. The van der Waals surface area contributed by atoms with Gasteiger partial charge in [0.1, 0.15) is 5.75 Å². The fraction of sp³-hybridized carbons (Fsp3) is 0.294. The van der Waals surface area contributed by atoms with E-state index in [0.29, 0.717) is 5.92 Å². The quantitative estimate of drug-likeness (QED) is 0.890. The van der Waals surface area contributed by atoms with E-state index in [-0.39, 0.29) is 6.04 Å². The van der Waals surface area contributed by atoms with Crippen LogP contribution in [-0.4, -0.2) is 7.11 Å². The highest BCUT2D eigenvalue weighted by Gasteiger charge is 2.27. The number of ether oxygens (including phenoxy) is 1. The summed E-state index contributed by atoms with van der Waals surface area (Å²) in [6.07, 6.45) is 2.17. The van der Waals surface area contributed by atoms with Crippen LogP contribution in [-0.2, 0) is 6.42 Å². The van der Waals surface area contributed by atoms with E-state index in [2.05, 4.69) is 42.5 Å². The average Bonchev–Trinajstić information content (AvgIpc) is 2.48. The molecule has 1 aliphatic carbocycles. The first kappa shape index (κ1) is 12.2. The fourth-order valence-electron chi connectivity index (χ4n) is 3.03. The van der Waals surface area contributed by atoms with Crippen molar-refractivity contribution in [3.63, 3.8) is 0 Å². The third-order valence-electron chi connectivity index (χ3n) is 4.10. The third-order valence-corrected chi connectivity index (χ3v) is 4.10. The number of hydrogen-bond donors (Lipinski definition) is 1. The topological polar surface area (TPSA) is 35.2 Å². The molecule has 1 unspecified atom stereocenters. The van der Waals surface area contributed by atoms with Gasteiger partial charge in [0.2, 0.25) is 0 Å². The zero-order chi connectivity index (χ0) is 13.2. The van der Waals surface area contributed by atoms with Crippen LogP contribution in [0.3, 0.4) is 0 Å². The Kier molecular flexibility index (Phi) is 3.26. The lowest BCUT2D eigenvalue weighted by molar-refractivity contribution is 0.411. The van der Waals surface area contributed by atoms with Crippen molar-refractivity contribution < 1.29 is 4.74 Å². The summed E-state index contributed by atoms with van der Waals surface area (Å²) in [4.78, 5) is 0. The molecule has 2 atom stereocenters. The van der Waals surface area contributed by atoms with Gasteiger partial charge in [-0.15, -0.1) is 0 Å². The molecule has 2 N–H and O–H groups in total. The Morgan fingerprint density at radius 1 is 1.11 bits per heavy atom. The van der Waals surface area contributed by atoms with Crippen LogP contribution in [0.5, 0.6) is 5.75 Å². The first-order valence-electron chi connectivity index (χ1n) is 6.77. The smallest absolute Gasteiger partial charge is 0.119 e. The molecular weight excluding hydrogens is 234 g/mol. The number of aryl methyl sites for hydroxylation is 1. The molecule has 0 radical (unpaired) electrons. The molecule has 0 saturated carbocycles. The minimum Gasteiger partial charge on any atom is -0.497 e. The van der Waals surface area contributed by atoms with Gasteiger partial charge in [0.05, 0.1) is 7.11 Å². The van der Waals surface area contributed by atoms with E-state index >= 15 is 0 Å². The van der Waals surface area contributed by atoms with E-state index in [9.17, 15) is 0 Å². The minimum absolute atomic E-state index is 0.0806. The normalized spacial score (nSPS) is 21.8. The Morgan fingerprint density at radius 2 is 1.89 bits per heavy atom. The number of hydrogen-bond acceptors (Lipinski definition) is 2. The van der Waals surface area contributed by atoms with Crippen molar-refractivity contribution in [3.8, 4) is 5.75 Å². The van der Waals surface area contributed by atoms with Gasteiger partial charge in [0, 0.05) is 12.0 Å². The lowest BCUT2D eigenvalue weighted by Crippen LogP contribution is -2.25. The van der Waals surface area contributed by atoms with Crippen LogP contribution in [0.25, 0.3) is 0 Å². The first-order chi connectivity index (χ1) is 9.29. The van der Waals surface area contributed by atoms with Gasteiger partial charge in [-0.3, -0.25) is 0 Å². The second-order valence-corrected chi connectivity index (χ2v) is 5.15. The molecule has 2 nitrogen and oxygen atoms in total. The van der Waals surface area contributed by atoms with Crippen molar-refractivity contribution in [1.82, 2.24) is 0 Å². The zero-order valence-electron chi connectivity index (χ0n) is 11.2. The molecule has 3 rings (SSSR count). The Bertz CT molecular complexity index is 565. The van der Waals surface area contributed by atoms with Gasteiger partial charge in [-0.2, -0.15) is 0 Å². The van der Waals surface area contributed by atoms with Crippen LogP contribution in [0.4, 0.5) is 0 Å². The molecule has 0 bridgehead atoms. The molecule has 0 saturated heterocycles. The van der Waals surface area contributed by atoms with E-state index in [4.69, 9.17) is 10.5 Å². The van der Waals surface area contributed by atoms with Gasteiger partial charge < -0.3 is 10.5 Å². The van der Waals surface area contributed by atoms with Gasteiger partial charge in [-0.25, -0.2) is 0 Å². The molecule has 98 valence electrons. The monoisotopic (exact) mass is 253 g/mol. The van der Waals surface area contributed by atoms with E-state index in [1.165, 1.54) is 16.7 Å². The summed E-state index contributed by atoms with van der Waals surface area (Å²) < 4.78 is 5.29. The number of nitrogens with two attached hydrogens (primary N) is 1. The maximum atomic E-state index is 6.47. The molecule has 0 aliphatic heterocycles. The van der Waals surface area contributed by atoms with E-state index in [1.807, 2.05) is 6.07 Å². The maximum Gasteiger partial charge on any atom is 0.119 e. The van der Waals surface area contributed by atoms with E-state index in [1.54, 1.807) is 7.11 Å². The Hall–Kier alpha value is -1.80. The van der Waals surface area contributed by atoms with Gasteiger partial charge >= 0.3 is 0 Å². The molecule has 0 spiro atoms. The second-order valence-electron chi connectivity index (χ2n) is 5.15. The molecule has 19 heavy (non-hydrogen) atoms. The van der Waals surface area contributed by atoms with Crippen LogP contribution in [0.1, 0.15) is 35.1 Å². The third kappa shape index (κ3) is 2.24. The number of benzene rings is 2. The summed E-state index contributed by atoms with van der Waals surface area (Å²) in [5.74, 6) is 1.34. The van der Waals surface area contributed by atoms with Crippen LogP contribution in [0, 0.1) is 0 Å². The predicted octanol–water partition coefficient (Wildman–Crippen LogP) is 3.43. The van der Waals surface area contributed by atoms with Crippen LogP contribution in [0.2, 0.25) is 0 Å². The molecule has 0 aromatic heterocycles. The highest BCUT2D eigenvalue weighted by molar-refractivity contribution is 5.41. The molecule has 2 heteroatoms. The molecule has 0 amide bonds. The van der Waals surface area contributed by atoms with Gasteiger partial charge in [-0.1, -0.05) is 36.4 Å². The lowest BCUT2D eigenvalue weighted by atomic mass is 9.77. The van der Waals surface area contributed by atoms with Crippen molar-refractivity contribution in [2.45, 2.75) is 24.8 Å².